The molecule has 0 spiro atoms. The van der Waals surface area contributed by atoms with Crippen LogP contribution < -0.4 is 0 Å². The Labute approximate surface area is 125 Å². The molecule has 0 aliphatic rings. The summed E-state index contributed by atoms with van der Waals surface area (Å²) in [5.74, 6) is 0.680. The van der Waals surface area contributed by atoms with E-state index < -0.39 is 0 Å². The van der Waals surface area contributed by atoms with Crippen molar-refractivity contribution in [1.82, 2.24) is 0 Å². The summed E-state index contributed by atoms with van der Waals surface area (Å²) in [5.41, 5.74) is 3.85. The standard InChI is InChI=1S/C16H24BrCl/c1-5-7-13(8-6-2)16(17)14-9-11(3)12(4)10-15(14)18/h9-10,13,16H,5-8H2,1-4H3. The Kier molecular flexibility index (Phi) is 6.73. The molecule has 1 rings (SSSR count). The van der Waals surface area contributed by atoms with E-state index >= 15 is 0 Å². The summed E-state index contributed by atoms with van der Waals surface area (Å²) in [6.45, 7) is 8.78. The number of rotatable bonds is 6. The molecule has 18 heavy (non-hydrogen) atoms. The molecule has 1 unspecified atom stereocenters. The molecule has 1 atom stereocenters. The predicted molar refractivity (Wildman–Crippen MR) is 85.9 cm³/mol. The van der Waals surface area contributed by atoms with Gasteiger partial charge in [0.1, 0.15) is 0 Å². The smallest absolute Gasteiger partial charge is 0.0452 e. The Morgan fingerprint density at radius 2 is 1.56 bits per heavy atom. The zero-order chi connectivity index (χ0) is 13.7. The molecule has 0 radical (unpaired) electrons. The van der Waals surface area contributed by atoms with Gasteiger partial charge in [0.2, 0.25) is 0 Å². The third kappa shape index (κ3) is 3.99. The van der Waals surface area contributed by atoms with Crippen LogP contribution >= 0.6 is 27.5 Å². The number of halogens is 2. The van der Waals surface area contributed by atoms with Crippen molar-refractivity contribution in [2.45, 2.75) is 58.2 Å². The van der Waals surface area contributed by atoms with E-state index in [1.807, 2.05) is 0 Å². The van der Waals surface area contributed by atoms with Gasteiger partial charge in [-0.2, -0.15) is 0 Å². The Morgan fingerprint density at radius 3 is 2.06 bits per heavy atom. The zero-order valence-electron chi connectivity index (χ0n) is 11.9. The van der Waals surface area contributed by atoms with Gasteiger partial charge in [-0.05, 0) is 55.4 Å². The van der Waals surface area contributed by atoms with Gasteiger partial charge >= 0.3 is 0 Å². The van der Waals surface area contributed by atoms with Gasteiger partial charge in [0.05, 0.1) is 0 Å². The quantitative estimate of drug-likeness (QED) is 0.514. The fraction of sp³-hybridized carbons (Fsp3) is 0.625. The van der Waals surface area contributed by atoms with Crippen molar-refractivity contribution in [2.75, 3.05) is 0 Å². The lowest BCUT2D eigenvalue weighted by atomic mass is 9.90. The normalized spacial score (nSPS) is 13.1. The lowest BCUT2D eigenvalue weighted by Crippen LogP contribution is -2.08. The number of benzene rings is 1. The van der Waals surface area contributed by atoms with E-state index in [1.165, 1.54) is 42.4 Å². The Morgan fingerprint density at radius 1 is 1.06 bits per heavy atom. The summed E-state index contributed by atoms with van der Waals surface area (Å²) in [6.07, 6.45) is 4.98. The predicted octanol–water partition coefficient (Wildman–Crippen LogP) is 6.61. The van der Waals surface area contributed by atoms with E-state index in [2.05, 4.69) is 55.8 Å². The number of hydrogen-bond acceptors (Lipinski definition) is 0. The fourth-order valence-corrected chi connectivity index (χ4v) is 3.82. The van der Waals surface area contributed by atoms with Crippen LogP contribution in [-0.2, 0) is 0 Å². The van der Waals surface area contributed by atoms with Crippen LogP contribution in [0.1, 0.15) is 61.0 Å². The Balaban J connectivity index is 3.00. The molecular formula is C16H24BrCl. The topological polar surface area (TPSA) is 0 Å². The summed E-state index contributed by atoms with van der Waals surface area (Å²) in [5, 5.41) is 0.900. The van der Waals surface area contributed by atoms with E-state index in [0.717, 1.165) is 5.02 Å². The molecule has 0 bridgehead atoms. The SMILES string of the molecule is CCCC(CCC)C(Br)c1cc(C)c(C)cc1Cl. The molecule has 102 valence electrons. The molecule has 0 fully saturated rings. The minimum atomic E-state index is 0.379. The molecule has 2 heteroatoms. The van der Waals surface area contributed by atoms with Gasteiger partial charge in [0.25, 0.3) is 0 Å². The third-order valence-corrected chi connectivity index (χ3v) is 5.21. The highest BCUT2D eigenvalue weighted by molar-refractivity contribution is 9.09. The van der Waals surface area contributed by atoms with Crippen LogP contribution in [0, 0.1) is 19.8 Å². The van der Waals surface area contributed by atoms with E-state index in [4.69, 9.17) is 11.6 Å². The highest BCUT2D eigenvalue weighted by atomic mass is 79.9. The minimum Gasteiger partial charge on any atom is -0.0840 e. The molecule has 0 saturated heterocycles. The summed E-state index contributed by atoms with van der Waals surface area (Å²) >= 11 is 10.3. The average molecular weight is 332 g/mol. The largest absolute Gasteiger partial charge is 0.0840 e. The van der Waals surface area contributed by atoms with Crippen LogP contribution in [0.3, 0.4) is 0 Å². The number of aryl methyl sites for hydroxylation is 2. The second-order valence-corrected chi connectivity index (χ2v) is 6.59. The van der Waals surface area contributed by atoms with Crippen LogP contribution in [0.2, 0.25) is 5.02 Å². The van der Waals surface area contributed by atoms with Gasteiger partial charge in [-0.1, -0.05) is 60.3 Å². The van der Waals surface area contributed by atoms with Crippen molar-refractivity contribution in [3.63, 3.8) is 0 Å². The molecule has 0 saturated carbocycles. The monoisotopic (exact) mass is 330 g/mol. The van der Waals surface area contributed by atoms with Crippen LogP contribution in [0.4, 0.5) is 0 Å². The first-order chi connectivity index (χ1) is 8.51. The first-order valence-corrected chi connectivity index (χ1v) is 8.21. The van der Waals surface area contributed by atoms with Gasteiger partial charge in [0.15, 0.2) is 0 Å². The molecular weight excluding hydrogens is 308 g/mol. The van der Waals surface area contributed by atoms with E-state index in [0.29, 0.717) is 10.7 Å². The number of alkyl halides is 1. The fourth-order valence-electron chi connectivity index (χ4n) is 2.45. The van der Waals surface area contributed by atoms with Crippen molar-refractivity contribution in [1.29, 1.82) is 0 Å². The van der Waals surface area contributed by atoms with E-state index in [9.17, 15) is 0 Å². The van der Waals surface area contributed by atoms with Crippen LogP contribution in [0.15, 0.2) is 12.1 Å². The van der Waals surface area contributed by atoms with Crippen molar-refractivity contribution in [3.8, 4) is 0 Å². The molecule has 0 aliphatic carbocycles. The maximum Gasteiger partial charge on any atom is 0.0452 e. The molecule has 1 aromatic rings. The van der Waals surface area contributed by atoms with Crippen molar-refractivity contribution in [2.24, 2.45) is 5.92 Å². The Hall–Kier alpha value is -0.0100. The molecule has 1 aromatic carbocycles. The lowest BCUT2D eigenvalue weighted by molar-refractivity contribution is 0.435. The van der Waals surface area contributed by atoms with E-state index in [-0.39, 0.29) is 0 Å². The summed E-state index contributed by atoms with van der Waals surface area (Å²) < 4.78 is 0. The van der Waals surface area contributed by atoms with Crippen LogP contribution in [-0.4, -0.2) is 0 Å². The zero-order valence-corrected chi connectivity index (χ0v) is 14.2. The second kappa shape index (κ2) is 7.55. The summed E-state index contributed by atoms with van der Waals surface area (Å²) in [6, 6.07) is 4.34. The summed E-state index contributed by atoms with van der Waals surface area (Å²) in [7, 11) is 0. The van der Waals surface area contributed by atoms with Gasteiger partial charge in [0, 0.05) is 9.85 Å². The van der Waals surface area contributed by atoms with E-state index in [1.54, 1.807) is 0 Å². The van der Waals surface area contributed by atoms with Gasteiger partial charge in [-0.3, -0.25) is 0 Å². The van der Waals surface area contributed by atoms with Gasteiger partial charge in [-0.25, -0.2) is 0 Å². The highest BCUT2D eigenvalue weighted by Gasteiger charge is 2.21. The molecule has 0 aromatic heterocycles. The first-order valence-electron chi connectivity index (χ1n) is 6.91. The van der Waals surface area contributed by atoms with Crippen molar-refractivity contribution < 1.29 is 0 Å². The Bertz CT molecular complexity index is 381. The summed E-state index contributed by atoms with van der Waals surface area (Å²) in [4.78, 5) is 0.379. The van der Waals surface area contributed by atoms with Crippen molar-refractivity contribution >= 4 is 27.5 Å². The maximum atomic E-state index is 6.41. The van der Waals surface area contributed by atoms with Crippen molar-refractivity contribution in [3.05, 3.63) is 33.8 Å². The molecule has 0 nitrogen and oxygen atoms in total. The first kappa shape index (κ1) is 16.0. The highest BCUT2D eigenvalue weighted by Crippen LogP contribution is 2.40. The molecule has 0 N–H and O–H groups in total. The lowest BCUT2D eigenvalue weighted by Gasteiger charge is -2.23. The average Bonchev–Trinajstić information content (AvgIpc) is 2.33. The molecule has 0 aliphatic heterocycles. The minimum absolute atomic E-state index is 0.379. The maximum absolute atomic E-state index is 6.41. The second-order valence-electron chi connectivity index (χ2n) is 5.20. The van der Waals surface area contributed by atoms with Gasteiger partial charge in [-0.15, -0.1) is 0 Å². The van der Waals surface area contributed by atoms with Crippen LogP contribution in [0.25, 0.3) is 0 Å². The molecule has 0 heterocycles. The van der Waals surface area contributed by atoms with Gasteiger partial charge < -0.3 is 0 Å². The third-order valence-electron chi connectivity index (χ3n) is 3.64. The number of hydrogen-bond donors (Lipinski definition) is 0. The van der Waals surface area contributed by atoms with Crippen LogP contribution in [0.5, 0.6) is 0 Å². The molecule has 0 amide bonds.